The molecule has 0 aliphatic heterocycles. The lowest BCUT2D eigenvalue weighted by atomic mass is 10.1. The molecular formula is C60H120N4O4. The molecule has 0 atom stereocenters. The molecule has 0 aromatic rings. The van der Waals surface area contributed by atoms with E-state index in [0.717, 1.165) is 116 Å². The van der Waals surface area contributed by atoms with E-state index < -0.39 is 6.09 Å². The van der Waals surface area contributed by atoms with Crippen molar-refractivity contribution >= 4 is 17.9 Å². The monoisotopic (exact) mass is 961 g/mol. The molecule has 404 valence electrons. The Balaban J connectivity index is 4.68. The number of rotatable bonds is 56. The molecule has 0 saturated heterocycles. The number of carbonyl (C=O) groups excluding carboxylic acids is 2. The highest BCUT2D eigenvalue weighted by Gasteiger charge is 2.15. The Labute approximate surface area is 424 Å². The summed E-state index contributed by atoms with van der Waals surface area (Å²) in [5.74, 6) is 0.766. The number of unbranched alkanes of at least 4 members (excludes halogenated alkanes) is 36. The van der Waals surface area contributed by atoms with Gasteiger partial charge in [0, 0.05) is 45.6 Å². The zero-order valence-electron chi connectivity index (χ0n) is 46.5. The Morgan fingerprint density at radius 1 is 0.294 bits per heavy atom. The Morgan fingerprint density at radius 2 is 0.515 bits per heavy atom. The van der Waals surface area contributed by atoms with Crippen molar-refractivity contribution in [3.63, 3.8) is 0 Å². The van der Waals surface area contributed by atoms with Crippen molar-refractivity contribution in [3.05, 3.63) is 0 Å². The van der Waals surface area contributed by atoms with Crippen LogP contribution < -0.4 is 5.32 Å². The van der Waals surface area contributed by atoms with Crippen LogP contribution in [0.1, 0.15) is 317 Å². The number of hydrogen-bond acceptors (Lipinski definition) is 4. The van der Waals surface area contributed by atoms with Crippen LogP contribution in [-0.4, -0.2) is 90.1 Å². The molecule has 68 heavy (non-hydrogen) atoms. The van der Waals surface area contributed by atoms with Crippen LogP contribution in [0.15, 0.2) is 0 Å². The molecule has 0 fully saturated rings. The van der Waals surface area contributed by atoms with Gasteiger partial charge >= 0.3 is 6.09 Å². The van der Waals surface area contributed by atoms with Crippen molar-refractivity contribution in [1.29, 1.82) is 0 Å². The molecular weight excluding hydrogens is 841 g/mol. The molecule has 0 radical (unpaired) electrons. The van der Waals surface area contributed by atoms with Crippen LogP contribution in [0.4, 0.5) is 4.79 Å². The maximum absolute atomic E-state index is 13.4. The van der Waals surface area contributed by atoms with E-state index in [0.29, 0.717) is 31.2 Å². The van der Waals surface area contributed by atoms with Crippen LogP contribution in [0, 0.1) is 0 Å². The minimum Gasteiger partial charge on any atom is -0.465 e. The van der Waals surface area contributed by atoms with Crippen molar-refractivity contribution in [2.75, 3.05) is 52.4 Å². The number of amides is 3. The number of hydrogen-bond donors (Lipinski definition) is 2. The zero-order chi connectivity index (χ0) is 49.6. The molecule has 0 saturated carbocycles. The normalized spacial score (nSPS) is 11.5. The second-order valence-corrected chi connectivity index (χ2v) is 21.1. The molecule has 0 aromatic heterocycles. The van der Waals surface area contributed by atoms with Crippen LogP contribution >= 0.6 is 0 Å². The lowest BCUT2D eigenvalue weighted by Gasteiger charge is -2.23. The van der Waals surface area contributed by atoms with E-state index in [4.69, 9.17) is 5.11 Å². The molecule has 0 unspecified atom stereocenters. The summed E-state index contributed by atoms with van der Waals surface area (Å²) in [7, 11) is 0. The quantitative estimate of drug-likeness (QED) is 0.0593. The summed E-state index contributed by atoms with van der Waals surface area (Å²) in [5.41, 5.74) is 0. The molecule has 0 aliphatic rings. The van der Waals surface area contributed by atoms with Crippen molar-refractivity contribution in [2.45, 2.75) is 317 Å². The first-order valence-electron chi connectivity index (χ1n) is 30.6. The van der Waals surface area contributed by atoms with E-state index in [1.807, 2.05) is 0 Å². The minimum absolute atomic E-state index is 0.383. The number of nitrogens with one attached hydrogen (secondary N) is 1. The summed E-state index contributed by atoms with van der Waals surface area (Å²) in [4.78, 5) is 44.9. The summed E-state index contributed by atoms with van der Waals surface area (Å²) >= 11 is 0. The standard InChI is InChI=1S/C60H120N4O4/c1-5-9-13-17-21-25-35-43-54-63(55-44-36-26-22-18-14-10-6-2)58(65)48-39-31-29-33-41-51-62(53-47-50-61-60(67)68)52-42-34-30-32-40-49-59(66)64(56-45-37-27-23-19-15-11-7-3)57-46-38-28-24-20-16-12-8-4/h61H,5-57H2,1-4H3,(H,67,68). The first-order chi connectivity index (χ1) is 33.4. The summed E-state index contributed by atoms with van der Waals surface area (Å²) in [6.07, 6.45) is 54.3. The van der Waals surface area contributed by atoms with Crippen molar-refractivity contribution in [3.8, 4) is 0 Å². The SMILES string of the molecule is CCCCCCCCCCN(CCCCCCCCCC)C(=O)CCCCCCCN(CCCCCCCC(=O)N(CCCCCCCCCC)CCCCCCCCCC)CCCNC(=O)O. The zero-order valence-corrected chi connectivity index (χ0v) is 46.5. The lowest BCUT2D eigenvalue weighted by Crippen LogP contribution is -2.32. The molecule has 0 aromatic carbocycles. The van der Waals surface area contributed by atoms with E-state index >= 15 is 0 Å². The van der Waals surface area contributed by atoms with Crippen molar-refractivity contribution in [2.24, 2.45) is 0 Å². The molecule has 8 heteroatoms. The van der Waals surface area contributed by atoms with Crippen LogP contribution in [0.25, 0.3) is 0 Å². The van der Waals surface area contributed by atoms with Gasteiger partial charge in [0.15, 0.2) is 0 Å². The van der Waals surface area contributed by atoms with Gasteiger partial charge in [-0.15, -0.1) is 0 Å². The van der Waals surface area contributed by atoms with E-state index in [9.17, 15) is 14.4 Å². The maximum atomic E-state index is 13.4. The molecule has 3 amide bonds. The van der Waals surface area contributed by atoms with Crippen LogP contribution in [0.2, 0.25) is 0 Å². The summed E-state index contributed by atoms with van der Waals surface area (Å²) < 4.78 is 0. The van der Waals surface area contributed by atoms with Gasteiger partial charge in [-0.25, -0.2) is 4.79 Å². The van der Waals surface area contributed by atoms with Gasteiger partial charge in [0.25, 0.3) is 0 Å². The van der Waals surface area contributed by atoms with Gasteiger partial charge in [0.05, 0.1) is 0 Å². The summed E-state index contributed by atoms with van der Waals surface area (Å²) in [6, 6.07) is 0. The smallest absolute Gasteiger partial charge is 0.404 e. The third kappa shape index (κ3) is 47.8. The Kier molecular flexibility index (Phi) is 53.0. The topological polar surface area (TPSA) is 93.2 Å². The van der Waals surface area contributed by atoms with Gasteiger partial charge in [-0.3, -0.25) is 9.59 Å². The van der Waals surface area contributed by atoms with E-state index in [-0.39, 0.29) is 0 Å². The van der Waals surface area contributed by atoms with E-state index in [1.54, 1.807) is 0 Å². The number of nitrogens with zero attached hydrogens (tertiary/aromatic N) is 3. The van der Waals surface area contributed by atoms with Crippen LogP contribution in [0.5, 0.6) is 0 Å². The summed E-state index contributed by atoms with van der Waals surface area (Å²) in [6.45, 7) is 16.4. The van der Waals surface area contributed by atoms with E-state index in [1.165, 1.54) is 205 Å². The van der Waals surface area contributed by atoms with Gasteiger partial charge in [-0.1, -0.05) is 246 Å². The first kappa shape index (κ1) is 66.2. The van der Waals surface area contributed by atoms with Gasteiger partial charge in [-0.05, 0) is 77.4 Å². The molecule has 0 spiro atoms. The van der Waals surface area contributed by atoms with Crippen molar-refractivity contribution in [1.82, 2.24) is 20.0 Å². The Morgan fingerprint density at radius 3 is 0.779 bits per heavy atom. The van der Waals surface area contributed by atoms with Gasteiger partial charge in [-0.2, -0.15) is 0 Å². The molecule has 8 nitrogen and oxygen atoms in total. The first-order valence-corrected chi connectivity index (χ1v) is 30.6. The lowest BCUT2D eigenvalue weighted by molar-refractivity contribution is -0.132. The molecule has 2 N–H and O–H groups in total. The Bertz CT molecular complexity index is 949. The average Bonchev–Trinajstić information content (AvgIpc) is 3.33. The number of carboxylic acid groups (broad SMARTS) is 1. The van der Waals surface area contributed by atoms with Crippen LogP contribution in [-0.2, 0) is 9.59 Å². The highest BCUT2D eigenvalue weighted by atomic mass is 16.4. The predicted octanol–water partition coefficient (Wildman–Crippen LogP) is 17.8. The van der Waals surface area contributed by atoms with Crippen LogP contribution in [0.3, 0.4) is 0 Å². The largest absolute Gasteiger partial charge is 0.465 e. The fraction of sp³-hybridized carbons (Fsp3) is 0.950. The molecule has 0 aliphatic carbocycles. The van der Waals surface area contributed by atoms with Gasteiger partial charge in [0.1, 0.15) is 0 Å². The highest BCUT2D eigenvalue weighted by molar-refractivity contribution is 5.76. The van der Waals surface area contributed by atoms with Gasteiger partial charge in [0.2, 0.25) is 11.8 Å². The van der Waals surface area contributed by atoms with E-state index in [2.05, 4.69) is 47.7 Å². The third-order valence-electron chi connectivity index (χ3n) is 14.5. The Hall–Kier alpha value is -1.83. The molecule has 0 rings (SSSR count). The molecule has 0 heterocycles. The fourth-order valence-corrected chi connectivity index (χ4v) is 9.90. The second kappa shape index (κ2) is 54.5. The second-order valence-electron chi connectivity index (χ2n) is 21.1. The van der Waals surface area contributed by atoms with Crippen molar-refractivity contribution < 1.29 is 19.5 Å². The average molecular weight is 962 g/mol. The number of carbonyl (C=O) groups is 3. The third-order valence-corrected chi connectivity index (χ3v) is 14.5. The summed E-state index contributed by atoms with van der Waals surface area (Å²) in [5, 5.41) is 11.6. The minimum atomic E-state index is -0.942. The van der Waals surface area contributed by atoms with Gasteiger partial charge < -0.3 is 25.1 Å². The maximum Gasteiger partial charge on any atom is 0.404 e. The highest BCUT2D eigenvalue weighted by Crippen LogP contribution is 2.17. The predicted molar refractivity (Wildman–Crippen MR) is 296 cm³/mol. The molecule has 0 bridgehead atoms. The fourth-order valence-electron chi connectivity index (χ4n) is 9.90.